The van der Waals surface area contributed by atoms with E-state index in [1.54, 1.807) is 11.3 Å². The Morgan fingerprint density at radius 2 is 2.16 bits per heavy atom. The quantitative estimate of drug-likeness (QED) is 0.433. The summed E-state index contributed by atoms with van der Waals surface area (Å²) in [6, 6.07) is 14.5. The molecule has 1 amide bonds. The molecular formula is C24H21N5O2S. The molecule has 1 aromatic carbocycles. The maximum atomic E-state index is 12.5. The van der Waals surface area contributed by atoms with Gasteiger partial charge >= 0.3 is 0 Å². The van der Waals surface area contributed by atoms with Crippen LogP contribution >= 0.6 is 11.3 Å². The number of rotatable bonds is 2. The van der Waals surface area contributed by atoms with Crippen molar-refractivity contribution in [1.29, 1.82) is 5.26 Å². The smallest absolute Gasteiger partial charge is 0.289 e. The summed E-state index contributed by atoms with van der Waals surface area (Å²) in [5, 5.41) is 21.2. The minimum Gasteiger partial charge on any atom is -0.449 e. The Hall–Kier alpha value is -3.41. The zero-order valence-electron chi connectivity index (χ0n) is 17.5. The molecule has 2 aliphatic heterocycles. The first-order valence-electron chi connectivity index (χ1n) is 10.7. The van der Waals surface area contributed by atoms with Gasteiger partial charge < -0.3 is 20.4 Å². The third-order valence-corrected chi connectivity index (χ3v) is 7.70. The van der Waals surface area contributed by atoms with E-state index in [1.165, 1.54) is 0 Å². The fourth-order valence-electron chi connectivity index (χ4n) is 4.65. The van der Waals surface area contributed by atoms with E-state index in [-0.39, 0.29) is 11.9 Å². The van der Waals surface area contributed by atoms with Crippen LogP contribution < -0.4 is 16.0 Å². The topological polar surface area (TPSA) is 103 Å². The van der Waals surface area contributed by atoms with Gasteiger partial charge in [-0.2, -0.15) is 5.26 Å². The molecule has 0 saturated carbocycles. The van der Waals surface area contributed by atoms with Crippen molar-refractivity contribution in [2.24, 2.45) is 0 Å². The monoisotopic (exact) mass is 443 g/mol. The van der Waals surface area contributed by atoms with E-state index in [0.717, 1.165) is 50.4 Å². The lowest BCUT2D eigenvalue weighted by atomic mass is 9.87. The molecule has 1 saturated heterocycles. The number of aromatic nitrogens is 1. The van der Waals surface area contributed by atoms with Gasteiger partial charge in [-0.3, -0.25) is 4.79 Å². The number of furan rings is 1. The van der Waals surface area contributed by atoms with Gasteiger partial charge in [-0.25, -0.2) is 4.98 Å². The SMILES string of the molecule is C[C@@H]1CNc2c(oc3ccc4nc(-c5ccc(C6(C#N)CCNC6)s5)ccc4c23)C(=O)N1. The predicted molar refractivity (Wildman–Crippen MR) is 125 cm³/mol. The highest BCUT2D eigenvalue weighted by Gasteiger charge is 2.37. The molecule has 0 aliphatic carbocycles. The van der Waals surface area contributed by atoms with Crippen LogP contribution in [-0.4, -0.2) is 36.6 Å². The van der Waals surface area contributed by atoms with Gasteiger partial charge in [-0.1, -0.05) is 0 Å². The van der Waals surface area contributed by atoms with Gasteiger partial charge in [0.25, 0.3) is 5.91 Å². The lowest BCUT2D eigenvalue weighted by Crippen LogP contribution is -2.34. The maximum absolute atomic E-state index is 12.5. The molecule has 3 aromatic heterocycles. The fraction of sp³-hybridized carbons (Fsp3) is 0.292. The minimum atomic E-state index is -0.441. The summed E-state index contributed by atoms with van der Waals surface area (Å²) in [7, 11) is 0. The normalized spacial score (nSPS) is 22.9. The van der Waals surface area contributed by atoms with Crippen LogP contribution in [0.5, 0.6) is 0 Å². The van der Waals surface area contributed by atoms with Crippen LogP contribution in [0.1, 0.15) is 28.8 Å². The molecule has 6 rings (SSSR count). The van der Waals surface area contributed by atoms with Gasteiger partial charge in [-0.15, -0.1) is 11.3 Å². The number of amides is 1. The van der Waals surface area contributed by atoms with Crippen LogP contribution in [0.2, 0.25) is 0 Å². The van der Waals surface area contributed by atoms with Crippen LogP contribution in [0.15, 0.2) is 40.8 Å². The third-order valence-electron chi connectivity index (χ3n) is 6.39. The lowest BCUT2D eigenvalue weighted by molar-refractivity contribution is 0.0920. The Morgan fingerprint density at radius 1 is 1.25 bits per heavy atom. The first-order chi connectivity index (χ1) is 15.6. The Balaban J connectivity index is 1.45. The van der Waals surface area contributed by atoms with Crippen molar-refractivity contribution in [2.75, 3.05) is 25.0 Å². The number of fused-ring (bicyclic) bond motifs is 5. The number of carbonyl (C=O) groups is 1. The first-order valence-corrected chi connectivity index (χ1v) is 11.5. The van der Waals surface area contributed by atoms with Gasteiger partial charge in [0.2, 0.25) is 5.76 Å². The first kappa shape index (κ1) is 19.3. The highest BCUT2D eigenvalue weighted by molar-refractivity contribution is 7.15. The predicted octanol–water partition coefficient (Wildman–Crippen LogP) is 4.01. The summed E-state index contributed by atoms with van der Waals surface area (Å²) in [6.07, 6.45) is 0.831. The van der Waals surface area contributed by atoms with Crippen molar-refractivity contribution in [2.45, 2.75) is 24.8 Å². The Labute approximate surface area is 188 Å². The van der Waals surface area contributed by atoms with Crippen molar-refractivity contribution in [3.8, 4) is 16.6 Å². The number of nitrogens with zero attached hydrogens (tertiary/aromatic N) is 2. The Bertz CT molecular complexity index is 1420. The second-order valence-corrected chi connectivity index (χ2v) is 9.63. The summed E-state index contributed by atoms with van der Waals surface area (Å²) in [5.74, 6) is 0.112. The highest BCUT2D eigenvalue weighted by atomic mass is 32.1. The van der Waals surface area contributed by atoms with Crippen molar-refractivity contribution in [1.82, 2.24) is 15.6 Å². The van der Waals surface area contributed by atoms with E-state index in [2.05, 4.69) is 34.2 Å². The number of thiophene rings is 1. The van der Waals surface area contributed by atoms with Crippen LogP contribution in [0, 0.1) is 11.3 Å². The van der Waals surface area contributed by atoms with Gasteiger partial charge in [0, 0.05) is 29.4 Å². The van der Waals surface area contributed by atoms with Crippen molar-refractivity contribution >= 4 is 44.8 Å². The number of carbonyl (C=O) groups excluding carboxylic acids is 1. The van der Waals surface area contributed by atoms with Crippen LogP contribution in [0.3, 0.4) is 0 Å². The molecule has 160 valence electrons. The molecule has 5 heterocycles. The van der Waals surface area contributed by atoms with E-state index in [0.29, 0.717) is 24.4 Å². The molecule has 0 radical (unpaired) electrons. The largest absolute Gasteiger partial charge is 0.449 e. The summed E-state index contributed by atoms with van der Waals surface area (Å²) in [5.41, 5.74) is 2.66. The number of hydrogen-bond donors (Lipinski definition) is 3. The number of pyridine rings is 1. The van der Waals surface area contributed by atoms with Gasteiger partial charge in [0.15, 0.2) is 0 Å². The molecule has 0 spiro atoms. The number of nitriles is 1. The van der Waals surface area contributed by atoms with Gasteiger partial charge in [0.1, 0.15) is 11.0 Å². The average molecular weight is 444 g/mol. The Kier molecular flexibility index (Phi) is 4.25. The molecule has 32 heavy (non-hydrogen) atoms. The van der Waals surface area contributed by atoms with E-state index < -0.39 is 5.41 Å². The lowest BCUT2D eigenvalue weighted by Gasteiger charge is -2.16. The average Bonchev–Trinajstić information content (AvgIpc) is 3.54. The van der Waals surface area contributed by atoms with E-state index in [4.69, 9.17) is 9.40 Å². The molecule has 1 fully saturated rings. The minimum absolute atomic E-state index is 0.0136. The molecule has 7 nitrogen and oxygen atoms in total. The standard InChI is InChI=1S/C24H21N5O2S/c1-13-10-27-21-20-14-2-3-16(18-6-7-19(32-18)24(11-25)8-9-26-12-24)29-15(14)4-5-17(20)31-22(21)23(30)28-13/h2-7,13,26-27H,8-10,12H2,1H3,(H,28,30)/t13-,24?/m1/s1. The van der Waals surface area contributed by atoms with E-state index >= 15 is 0 Å². The zero-order valence-corrected chi connectivity index (χ0v) is 18.3. The van der Waals surface area contributed by atoms with Crippen LogP contribution in [0.25, 0.3) is 32.4 Å². The third kappa shape index (κ3) is 2.82. The van der Waals surface area contributed by atoms with E-state index in [9.17, 15) is 10.1 Å². The zero-order chi connectivity index (χ0) is 21.9. The molecule has 8 heteroatoms. The molecular weight excluding hydrogens is 422 g/mol. The number of hydrogen-bond acceptors (Lipinski definition) is 7. The molecule has 1 unspecified atom stereocenters. The summed E-state index contributed by atoms with van der Waals surface area (Å²) >= 11 is 1.64. The molecule has 2 atom stereocenters. The second kappa shape index (κ2) is 7.05. The maximum Gasteiger partial charge on any atom is 0.289 e. The summed E-state index contributed by atoms with van der Waals surface area (Å²) < 4.78 is 5.90. The summed E-state index contributed by atoms with van der Waals surface area (Å²) in [6.45, 7) is 4.14. The van der Waals surface area contributed by atoms with Gasteiger partial charge in [-0.05, 0) is 56.3 Å². The van der Waals surface area contributed by atoms with Gasteiger partial charge in [0.05, 0.1) is 33.2 Å². The van der Waals surface area contributed by atoms with E-state index in [1.807, 2.05) is 31.2 Å². The molecule has 0 bridgehead atoms. The second-order valence-electron chi connectivity index (χ2n) is 8.55. The summed E-state index contributed by atoms with van der Waals surface area (Å²) in [4.78, 5) is 19.6. The number of anilines is 1. The van der Waals surface area contributed by atoms with Crippen molar-refractivity contribution in [3.63, 3.8) is 0 Å². The Morgan fingerprint density at radius 3 is 2.97 bits per heavy atom. The van der Waals surface area contributed by atoms with Crippen LogP contribution in [-0.2, 0) is 5.41 Å². The molecule has 4 aromatic rings. The van der Waals surface area contributed by atoms with Crippen LogP contribution in [0.4, 0.5) is 5.69 Å². The highest BCUT2D eigenvalue weighted by Crippen LogP contribution is 2.40. The van der Waals surface area contributed by atoms with Crippen molar-refractivity contribution < 1.29 is 9.21 Å². The van der Waals surface area contributed by atoms with Crippen molar-refractivity contribution in [3.05, 3.63) is 47.0 Å². The number of nitrogens with one attached hydrogen (secondary N) is 3. The number of benzene rings is 1. The molecule has 3 N–H and O–H groups in total. The molecule has 2 aliphatic rings. The fourth-order valence-corrected chi connectivity index (χ4v) is 5.79.